The van der Waals surface area contributed by atoms with Crippen molar-refractivity contribution in [1.82, 2.24) is 10.2 Å². The molecule has 5 nitrogen and oxygen atoms in total. The maximum Gasteiger partial charge on any atom is 0.265 e. The fraction of sp³-hybridized carbons (Fsp3) is 0.375. The number of hydrogen-bond acceptors (Lipinski definition) is 4. The Hall–Kier alpha value is -2.73. The third-order valence-corrected chi connectivity index (χ3v) is 5.93. The van der Waals surface area contributed by atoms with Gasteiger partial charge in [-0.1, -0.05) is 19.1 Å². The molecule has 2 aliphatic heterocycles. The van der Waals surface area contributed by atoms with Gasteiger partial charge in [0.05, 0.1) is 5.54 Å². The second-order valence-corrected chi connectivity index (χ2v) is 8.77. The van der Waals surface area contributed by atoms with Gasteiger partial charge in [0.25, 0.3) is 11.8 Å². The Morgan fingerprint density at radius 2 is 1.93 bits per heavy atom. The highest BCUT2D eigenvalue weighted by atomic mass is 32.1. The van der Waals surface area contributed by atoms with Gasteiger partial charge in [-0.05, 0) is 81.2 Å². The summed E-state index contributed by atoms with van der Waals surface area (Å²) in [5.74, 6) is -0.870. The average molecular weight is 424 g/mol. The molecule has 0 atom stereocenters. The zero-order chi connectivity index (χ0) is 22.2. The number of anilines is 1. The number of nitrogens with one attached hydrogen (secondary N) is 1. The highest BCUT2D eigenvalue weighted by molar-refractivity contribution is 7.80. The molecule has 2 aliphatic rings. The van der Waals surface area contributed by atoms with E-state index in [2.05, 4.69) is 62.7 Å². The number of nitrogens with zero attached hydrogens (tertiary/aromatic N) is 2. The monoisotopic (exact) mass is 423 g/mol. The van der Waals surface area contributed by atoms with Crippen LogP contribution in [0.5, 0.6) is 0 Å². The number of benzene rings is 1. The molecule has 1 N–H and O–H groups in total. The minimum Gasteiger partial charge on any atom is -0.362 e. The fourth-order valence-electron chi connectivity index (χ4n) is 4.18. The van der Waals surface area contributed by atoms with E-state index in [-0.39, 0.29) is 22.8 Å². The van der Waals surface area contributed by atoms with E-state index in [1.165, 1.54) is 16.2 Å². The third kappa shape index (κ3) is 3.84. The summed E-state index contributed by atoms with van der Waals surface area (Å²) in [5.41, 5.74) is 5.38. The first-order chi connectivity index (χ1) is 14.1. The molecule has 2 amide bonds. The summed E-state index contributed by atoms with van der Waals surface area (Å²) in [4.78, 5) is 29.1. The lowest BCUT2D eigenvalue weighted by Gasteiger charge is -2.43. The van der Waals surface area contributed by atoms with Crippen LogP contribution in [-0.2, 0) is 9.59 Å². The summed E-state index contributed by atoms with van der Waals surface area (Å²) < 4.78 is 0. The van der Waals surface area contributed by atoms with Gasteiger partial charge in [0.2, 0.25) is 0 Å². The van der Waals surface area contributed by atoms with Crippen molar-refractivity contribution in [3.8, 4) is 0 Å². The van der Waals surface area contributed by atoms with Crippen molar-refractivity contribution in [3.05, 3.63) is 53.1 Å². The molecule has 0 aromatic heterocycles. The van der Waals surface area contributed by atoms with Crippen molar-refractivity contribution in [3.63, 3.8) is 0 Å². The van der Waals surface area contributed by atoms with Gasteiger partial charge in [-0.25, -0.2) is 0 Å². The highest BCUT2D eigenvalue weighted by Crippen LogP contribution is 2.40. The predicted molar refractivity (Wildman–Crippen MR) is 127 cm³/mol. The van der Waals surface area contributed by atoms with Crippen molar-refractivity contribution in [2.24, 2.45) is 0 Å². The number of carbonyl (C=O) groups excluding carboxylic acids is 2. The molecule has 3 rings (SSSR count). The van der Waals surface area contributed by atoms with Crippen LogP contribution in [0.25, 0.3) is 11.6 Å². The Balaban J connectivity index is 2.10. The van der Waals surface area contributed by atoms with Gasteiger partial charge in [0, 0.05) is 24.3 Å². The molecule has 30 heavy (non-hydrogen) atoms. The molecule has 0 aliphatic carbocycles. The van der Waals surface area contributed by atoms with E-state index in [0.29, 0.717) is 0 Å². The molecule has 0 spiro atoms. The summed E-state index contributed by atoms with van der Waals surface area (Å²) in [6.45, 7) is 15.6. The summed E-state index contributed by atoms with van der Waals surface area (Å²) in [6.07, 6.45) is 6.58. The van der Waals surface area contributed by atoms with E-state index in [1.54, 1.807) is 12.2 Å². The topological polar surface area (TPSA) is 52.7 Å². The number of allylic oxidation sites excluding steroid dienone is 1. The Kier molecular flexibility index (Phi) is 5.99. The molecule has 158 valence electrons. The molecule has 1 saturated heterocycles. The molecular formula is C24H29N3O2S. The average Bonchev–Trinajstić information content (AvgIpc) is 2.65. The van der Waals surface area contributed by atoms with Gasteiger partial charge in [-0.15, -0.1) is 6.58 Å². The second-order valence-electron chi connectivity index (χ2n) is 8.38. The lowest BCUT2D eigenvalue weighted by molar-refractivity contribution is -0.128. The molecule has 2 heterocycles. The molecule has 6 heteroatoms. The molecule has 0 radical (unpaired) electrons. The van der Waals surface area contributed by atoms with Crippen LogP contribution in [-0.4, -0.2) is 40.5 Å². The number of thiocarbonyl (C=S) groups is 1. The highest BCUT2D eigenvalue weighted by Gasteiger charge is 2.34. The quantitative estimate of drug-likeness (QED) is 0.333. The molecule has 1 fully saturated rings. The first-order valence-electron chi connectivity index (χ1n) is 10.2. The van der Waals surface area contributed by atoms with Crippen LogP contribution >= 0.6 is 12.2 Å². The fourth-order valence-corrected chi connectivity index (χ4v) is 4.43. The van der Waals surface area contributed by atoms with Gasteiger partial charge in [-0.3, -0.25) is 19.8 Å². The van der Waals surface area contributed by atoms with Gasteiger partial charge < -0.3 is 4.90 Å². The van der Waals surface area contributed by atoms with Crippen molar-refractivity contribution in [2.75, 3.05) is 18.0 Å². The van der Waals surface area contributed by atoms with Gasteiger partial charge in [-0.2, -0.15) is 0 Å². The van der Waals surface area contributed by atoms with Crippen LogP contribution in [0.2, 0.25) is 0 Å². The first kappa shape index (κ1) is 22.0. The van der Waals surface area contributed by atoms with Gasteiger partial charge in [0.15, 0.2) is 5.11 Å². The summed E-state index contributed by atoms with van der Waals surface area (Å²) in [7, 11) is 0. The van der Waals surface area contributed by atoms with Crippen molar-refractivity contribution < 1.29 is 9.59 Å². The van der Waals surface area contributed by atoms with Crippen LogP contribution in [0, 0.1) is 6.92 Å². The van der Waals surface area contributed by atoms with Crippen LogP contribution in [0.4, 0.5) is 5.69 Å². The summed E-state index contributed by atoms with van der Waals surface area (Å²) in [5, 5.41) is 2.71. The van der Waals surface area contributed by atoms with Crippen molar-refractivity contribution in [2.45, 2.75) is 46.6 Å². The second kappa shape index (κ2) is 8.19. The lowest BCUT2D eigenvalue weighted by Crippen LogP contribution is -2.53. The van der Waals surface area contributed by atoms with E-state index >= 15 is 0 Å². The van der Waals surface area contributed by atoms with E-state index in [1.807, 2.05) is 6.92 Å². The number of carbonyl (C=O) groups is 2. The SMILES string of the molecule is C=CCN1C(=O)/C(=C/c2cc3c(cc2C)N(CCC)C(C)(C)C=C3C)C(=O)NC1=S. The minimum atomic E-state index is -0.469. The minimum absolute atomic E-state index is 0.0698. The number of rotatable bonds is 5. The van der Waals surface area contributed by atoms with Crippen molar-refractivity contribution >= 4 is 46.5 Å². The molecular weight excluding hydrogens is 394 g/mol. The van der Waals surface area contributed by atoms with E-state index in [4.69, 9.17) is 12.2 Å². The Morgan fingerprint density at radius 1 is 1.23 bits per heavy atom. The Labute approximate surface area is 184 Å². The smallest absolute Gasteiger partial charge is 0.265 e. The van der Waals surface area contributed by atoms with Crippen LogP contribution in [0.3, 0.4) is 0 Å². The Bertz CT molecular complexity index is 1000. The number of aryl methyl sites for hydroxylation is 1. The molecule has 1 aromatic carbocycles. The molecule has 0 saturated carbocycles. The van der Waals surface area contributed by atoms with Crippen LogP contribution in [0.15, 0.2) is 36.4 Å². The van der Waals surface area contributed by atoms with Crippen molar-refractivity contribution in [1.29, 1.82) is 0 Å². The molecule has 1 aromatic rings. The van der Waals surface area contributed by atoms with E-state index in [9.17, 15) is 9.59 Å². The Morgan fingerprint density at radius 3 is 2.57 bits per heavy atom. The maximum atomic E-state index is 12.9. The van der Waals surface area contributed by atoms with E-state index in [0.717, 1.165) is 29.7 Å². The number of hydrogen-bond donors (Lipinski definition) is 1. The molecule has 0 unspecified atom stereocenters. The number of amides is 2. The van der Waals surface area contributed by atoms with Crippen LogP contribution < -0.4 is 10.2 Å². The third-order valence-electron chi connectivity index (χ3n) is 5.61. The number of fused-ring (bicyclic) bond motifs is 1. The lowest BCUT2D eigenvalue weighted by atomic mass is 9.86. The standard InChI is InChI=1S/C24H29N3O2S/c1-7-9-26-22(29)19(21(28)25-23(26)30)13-17-12-18-16(4)14-24(5,6)27(10-8-2)20(18)11-15(17)3/h7,11-14H,1,8-10H2,2-6H3,(H,25,28,30)/b19-13+. The zero-order valence-corrected chi connectivity index (χ0v) is 19.2. The van der Waals surface area contributed by atoms with Gasteiger partial charge >= 0.3 is 0 Å². The first-order valence-corrected chi connectivity index (χ1v) is 10.6. The normalized spacial score (nSPS) is 19.6. The maximum absolute atomic E-state index is 12.9. The largest absolute Gasteiger partial charge is 0.362 e. The summed E-state index contributed by atoms with van der Waals surface area (Å²) >= 11 is 5.13. The molecule has 0 bridgehead atoms. The van der Waals surface area contributed by atoms with E-state index < -0.39 is 11.8 Å². The zero-order valence-electron chi connectivity index (χ0n) is 18.3. The van der Waals surface area contributed by atoms with Gasteiger partial charge in [0.1, 0.15) is 5.57 Å². The summed E-state index contributed by atoms with van der Waals surface area (Å²) in [6, 6.07) is 4.24. The van der Waals surface area contributed by atoms with Crippen LogP contribution in [0.1, 0.15) is 50.8 Å². The predicted octanol–water partition coefficient (Wildman–Crippen LogP) is 4.22.